The Morgan fingerprint density at radius 1 is 1.22 bits per heavy atom. The molecule has 0 radical (unpaired) electrons. The van der Waals surface area contributed by atoms with Gasteiger partial charge in [0.1, 0.15) is 41.4 Å². The Kier molecular flexibility index (Phi) is 6.66. The average molecular weight is 559 g/mol. The Bertz CT molecular complexity index is 1450. The fourth-order valence-corrected chi connectivity index (χ4v) is 5.21. The van der Waals surface area contributed by atoms with Gasteiger partial charge in [0.05, 0.1) is 24.3 Å². The van der Waals surface area contributed by atoms with Crippen molar-refractivity contribution in [1.82, 2.24) is 14.5 Å². The Balaban J connectivity index is 1.47. The van der Waals surface area contributed by atoms with Gasteiger partial charge in [-0.05, 0) is 44.5 Å². The van der Waals surface area contributed by atoms with Crippen molar-refractivity contribution in [1.29, 1.82) is 0 Å². The van der Waals surface area contributed by atoms with Crippen LogP contribution >= 0.6 is 11.6 Å². The maximum absolute atomic E-state index is 14.3. The lowest BCUT2D eigenvalue weighted by Crippen LogP contribution is -2.33. The Morgan fingerprint density at radius 3 is 2.65 bits per heavy atom. The van der Waals surface area contributed by atoms with E-state index in [1.807, 2.05) is 0 Å². The number of halogens is 3. The summed E-state index contributed by atoms with van der Waals surface area (Å²) >= 11 is 6.24. The summed E-state index contributed by atoms with van der Waals surface area (Å²) in [4.78, 5) is 8.63. The van der Waals surface area contributed by atoms with Crippen LogP contribution in [-0.2, 0) is 28.5 Å². The fraction of sp³-hybridized carbons (Fsp3) is 0.478. The van der Waals surface area contributed by atoms with Crippen molar-refractivity contribution in [2.24, 2.45) is 0 Å². The van der Waals surface area contributed by atoms with Gasteiger partial charge in [-0.2, -0.15) is 13.4 Å². The Hall–Kier alpha value is -2.42. The van der Waals surface area contributed by atoms with Crippen molar-refractivity contribution < 1.29 is 35.6 Å². The van der Waals surface area contributed by atoms with Crippen molar-refractivity contribution >= 4 is 38.6 Å². The molecule has 0 spiro atoms. The van der Waals surface area contributed by atoms with Gasteiger partial charge in [0.25, 0.3) is 10.1 Å². The number of nitrogens with one attached hydrogen (secondary N) is 1. The summed E-state index contributed by atoms with van der Waals surface area (Å²) in [6.45, 7) is 4.96. The van der Waals surface area contributed by atoms with Crippen LogP contribution < -0.4 is 5.32 Å². The van der Waals surface area contributed by atoms with Crippen molar-refractivity contribution in [3.05, 3.63) is 52.9 Å². The highest BCUT2D eigenvalue weighted by atomic mass is 35.5. The number of ether oxygens (including phenoxy) is 3. The number of fused-ring (bicyclic) bond motifs is 2. The van der Waals surface area contributed by atoms with Gasteiger partial charge in [-0.1, -0.05) is 6.07 Å². The molecule has 14 heteroatoms. The maximum atomic E-state index is 14.3. The first-order chi connectivity index (χ1) is 17.3. The second kappa shape index (κ2) is 9.40. The molecule has 5 rings (SSSR count). The molecule has 3 aromatic rings. The first kappa shape index (κ1) is 26.2. The molecular formula is C23H25ClF2N4O6S. The van der Waals surface area contributed by atoms with E-state index in [1.54, 1.807) is 37.6 Å². The van der Waals surface area contributed by atoms with Crippen LogP contribution in [0.5, 0.6) is 0 Å². The van der Waals surface area contributed by atoms with E-state index in [2.05, 4.69) is 15.3 Å². The topological polar surface area (TPSA) is 114 Å². The number of anilines is 1. The van der Waals surface area contributed by atoms with Crippen molar-refractivity contribution in [3.8, 4) is 0 Å². The number of hydrogen-bond donors (Lipinski definition) is 1. The van der Waals surface area contributed by atoms with Gasteiger partial charge < -0.3 is 24.1 Å². The molecule has 2 aliphatic rings. The molecular weight excluding hydrogens is 534 g/mol. The van der Waals surface area contributed by atoms with Gasteiger partial charge in [-0.25, -0.2) is 13.8 Å². The highest BCUT2D eigenvalue weighted by Gasteiger charge is 2.56. The van der Waals surface area contributed by atoms with E-state index in [0.717, 1.165) is 12.3 Å². The molecule has 200 valence electrons. The van der Waals surface area contributed by atoms with Crippen molar-refractivity contribution in [2.75, 3.05) is 18.2 Å². The number of rotatable bonds is 7. The second-order valence-electron chi connectivity index (χ2n) is 9.45. The molecule has 0 saturated carbocycles. The number of hydrogen-bond acceptors (Lipinski definition) is 9. The zero-order chi connectivity index (χ0) is 26.7. The summed E-state index contributed by atoms with van der Waals surface area (Å²) in [5.41, 5.74) is 0.647. The summed E-state index contributed by atoms with van der Waals surface area (Å²) in [5, 5.41) is 3.61. The minimum Gasteiger partial charge on any atom is -0.363 e. The van der Waals surface area contributed by atoms with Crippen LogP contribution in [0.1, 0.15) is 38.6 Å². The van der Waals surface area contributed by atoms with Crippen LogP contribution in [0.15, 0.2) is 30.5 Å². The molecule has 10 nitrogen and oxygen atoms in total. The summed E-state index contributed by atoms with van der Waals surface area (Å²) in [7, 11) is -3.70. The maximum Gasteiger partial charge on any atom is 0.264 e. The first-order valence-electron chi connectivity index (χ1n) is 11.4. The van der Waals surface area contributed by atoms with Gasteiger partial charge in [-0.15, -0.1) is 0 Å². The predicted octanol–water partition coefficient (Wildman–Crippen LogP) is 3.93. The fourth-order valence-electron chi connectivity index (χ4n) is 4.67. The number of nitrogens with zero attached hydrogens (tertiary/aromatic N) is 3. The molecule has 0 amide bonds. The van der Waals surface area contributed by atoms with Crippen LogP contribution in [-0.4, -0.2) is 59.9 Å². The monoisotopic (exact) mass is 558 g/mol. The first-order valence-corrected chi connectivity index (χ1v) is 13.6. The molecule has 37 heavy (non-hydrogen) atoms. The number of benzene rings is 1. The predicted molar refractivity (Wildman–Crippen MR) is 129 cm³/mol. The van der Waals surface area contributed by atoms with Gasteiger partial charge in [0.15, 0.2) is 12.0 Å². The number of aromatic nitrogens is 3. The summed E-state index contributed by atoms with van der Waals surface area (Å²) in [6, 6.07) is 4.52. The van der Waals surface area contributed by atoms with Crippen LogP contribution in [0.2, 0.25) is 5.28 Å². The molecule has 2 aromatic heterocycles. The van der Waals surface area contributed by atoms with E-state index in [9.17, 15) is 17.2 Å². The third-order valence-corrected chi connectivity index (χ3v) is 6.91. The summed E-state index contributed by atoms with van der Waals surface area (Å²) in [6.07, 6.45) is -0.0195. The lowest BCUT2D eigenvalue weighted by atomic mass is 10.1. The zero-order valence-corrected chi connectivity index (χ0v) is 21.9. The molecule has 5 atom stereocenters. The third-order valence-electron chi connectivity index (χ3n) is 6.17. The highest BCUT2D eigenvalue weighted by molar-refractivity contribution is 7.85. The van der Waals surface area contributed by atoms with E-state index in [1.165, 1.54) is 12.1 Å². The molecule has 0 bridgehead atoms. The Morgan fingerprint density at radius 2 is 1.95 bits per heavy atom. The normalized spacial score (nSPS) is 25.9. The molecule has 2 fully saturated rings. The van der Waals surface area contributed by atoms with Crippen LogP contribution in [0, 0.1) is 11.6 Å². The van der Waals surface area contributed by atoms with E-state index < -0.39 is 58.1 Å². The van der Waals surface area contributed by atoms with Gasteiger partial charge in [0.2, 0.25) is 5.28 Å². The largest absolute Gasteiger partial charge is 0.363 e. The lowest BCUT2D eigenvalue weighted by molar-refractivity contribution is -0.198. The summed E-state index contributed by atoms with van der Waals surface area (Å²) in [5.74, 6) is -1.96. The molecule has 2 saturated heterocycles. The Labute approximate surface area is 217 Å². The van der Waals surface area contributed by atoms with E-state index in [0.29, 0.717) is 16.9 Å². The molecule has 0 unspecified atom stereocenters. The third kappa shape index (κ3) is 5.29. The molecule has 1 N–H and O–H groups in total. The molecule has 0 aliphatic carbocycles. The van der Waals surface area contributed by atoms with Crippen molar-refractivity contribution in [3.63, 3.8) is 0 Å². The average Bonchev–Trinajstić information content (AvgIpc) is 3.42. The minimum absolute atomic E-state index is 0.0721. The van der Waals surface area contributed by atoms with Crippen LogP contribution in [0.3, 0.4) is 0 Å². The summed E-state index contributed by atoms with van der Waals surface area (Å²) < 4.78 is 75.7. The van der Waals surface area contributed by atoms with Crippen LogP contribution in [0.25, 0.3) is 11.0 Å². The van der Waals surface area contributed by atoms with Gasteiger partial charge in [-0.3, -0.25) is 4.18 Å². The second-order valence-corrected chi connectivity index (χ2v) is 11.4. The molecule has 1 aromatic carbocycles. The molecule has 4 heterocycles. The van der Waals surface area contributed by atoms with E-state index >= 15 is 0 Å². The van der Waals surface area contributed by atoms with E-state index in [4.69, 9.17) is 30.0 Å². The van der Waals surface area contributed by atoms with Crippen molar-refractivity contribution in [2.45, 2.75) is 57.1 Å². The van der Waals surface area contributed by atoms with Crippen LogP contribution in [0.4, 0.5) is 14.6 Å². The minimum atomic E-state index is -3.70. The quantitative estimate of drug-likeness (QED) is 0.340. The van der Waals surface area contributed by atoms with E-state index in [-0.39, 0.29) is 17.5 Å². The lowest BCUT2D eigenvalue weighted by Gasteiger charge is -2.25. The molecule has 2 aliphatic heterocycles. The van der Waals surface area contributed by atoms with Gasteiger partial charge >= 0.3 is 0 Å². The standard InChI is InChI=1S/C23H25ClF2N4O6S/c1-11(13-6-5-12(25)9-15(13)26)27-19-14-7-8-30(20(14)29-22(24)28-19)21-18-17(35-23(2,3)36-18)16(34-21)10-33-37(4,31)32/h5-9,11,16-18,21H,10H2,1-4H3,(H,27,28,29)/t11-,16-,17-,18-,21-/m1/s1. The highest BCUT2D eigenvalue weighted by Crippen LogP contribution is 2.44. The van der Waals surface area contributed by atoms with Gasteiger partial charge in [0, 0.05) is 17.8 Å². The SMILES string of the molecule is C[C@@H](Nc1nc(Cl)nc2c1ccn2[C@@H]1O[C@H](COS(C)(=O)=O)[C@H]2OC(C)(C)O[C@H]21)c1ccc(F)cc1F. The smallest absolute Gasteiger partial charge is 0.264 e. The zero-order valence-electron chi connectivity index (χ0n) is 20.3.